The van der Waals surface area contributed by atoms with Crippen LogP contribution >= 0.6 is 11.6 Å². The van der Waals surface area contributed by atoms with Gasteiger partial charge in [-0.3, -0.25) is 0 Å². The smallest absolute Gasteiger partial charge is 0.0838 e. The van der Waals surface area contributed by atoms with Crippen LogP contribution in [-0.2, 0) is 0 Å². The predicted molar refractivity (Wildman–Crippen MR) is 37.9 cm³/mol. The van der Waals surface area contributed by atoms with Crippen LogP contribution in [0, 0.1) is 11.8 Å². The van der Waals surface area contributed by atoms with Crippen LogP contribution in [0.2, 0.25) is 0 Å². The molecule has 0 aliphatic heterocycles. The summed E-state index contributed by atoms with van der Waals surface area (Å²) in [6.45, 7) is 3.91. The minimum Gasteiger partial charge on any atom is -0.113 e. The van der Waals surface area contributed by atoms with Crippen molar-refractivity contribution in [3.63, 3.8) is 0 Å². The lowest BCUT2D eigenvalue weighted by atomic mass is 10.3. The summed E-state index contributed by atoms with van der Waals surface area (Å²) < 4.78 is 0. The van der Waals surface area contributed by atoms with E-state index < -0.39 is 0 Å². The van der Waals surface area contributed by atoms with Crippen molar-refractivity contribution in [2.24, 2.45) is 0 Å². The van der Waals surface area contributed by atoms with Gasteiger partial charge in [-0.1, -0.05) is 17.9 Å². The second-order valence-electron chi connectivity index (χ2n) is 1.41. The van der Waals surface area contributed by atoms with Gasteiger partial charge >= 0.3 is 0 Å². The maximum atomic E-state index is 5.30. The van der Waals surface area contributed by atoms with Gasteiger partial charge in [-0.25, -0.2) is 0 Å². The van der Waals surface area contributed by atoms with E-state index in [1.807, 2.05) is 19.9 Å². The Hall–Kier alpha value is -0.410. The van der Waals surface area contributed by atoms with Crippen LogP contribution < -0.4 is 0 Å². The highest BCUT2D eigenvalue weighted by molar-refractivity contribution is 6.19. The SMILES string of the molecule is C/C=C(/C)C#CCCl. The van der Waals surface area contributed by atoms with Gasteiger partial charge in [0, 0.05) is 0 Å². The molecule has 0 aliphatic rings. The molecule has 8 heavy (non-hydrogen) atoms. The van der Waals surface area contributed by atoms with E-state index in [4.69, 9.17) is 11.6 Å². The van der Waals surface area contributed by atoms with E-state index in [0.717, 1.165) is 5.57 Å². The summed E-state index contributed by atoms with van der Waals surface area (Å²) in [6, 6.07) is 0. The molecule has 0 saturated carbocycles. The molecule has 0 bridgehead atoms. The predicted octanol–water partition coefficient (Wildman–Crippen LogP) is 2.19. The first kappa shape index (κ1) is 7.59. The molecular weight excluding hydrogens is 120 g/mol. The monoisotopic (exact) mass is 128 g/mol. The second kappa shape index (κ2) is 4.74. The third-order valence-corrected chi connectivity index (χ3v) is 0.919. The van der Waals surface area contributed by atoms with Gasteiger partial charge in [0.2, 0.25) is 0 Å². The molecule has 1 heteroatoms. The zero-order valence-corrected chi connectivity index (χ0v) is 5.92. The van der Waals surface area contributed by atoms with E-state index in [9.17, 15) is 0 Å². The van der Waals surface area contributed by atoms with Gasteiger partial charge in [-0.15, -0.1) is 11.6 Å². The Kier molecular flexibility index (Phi) is 4.50. The quantitative estimate of drug-likeness (QED) is 0.347. The summed E-state index contributed by atoms with van der Waals surface area (Å²) in [7, 11) is 0. The molecule has 0 radical (unpaired) electrons. The van der Waals surface area contributed by atoms with Gasteiger partial charge in [-0.2, -0.15) is 0 Å². The molecule has 0 saturated heterocycles. The van der Waals surface area contributed by atoms with Crippen molar-refractivity contribution in [1.29, 1.82) is 0 Å². The van der Waals surface area contributed by atoms with E-state index in [1.54, 1.807) is 0 Å². The summed E-state index contributed by atoms with van der Waals surface area (Å²) in [5, 5.41) is 0. The van der Waals surface area contributed by atoms with Crippen molar-refractivity contribution in [2.45, 2.75) is 13.8 Å². The third kappa shape index (κ3) is 3.77. The van der Waals surface area contributed by atoms with Crippen molar-refractivity contribution >= 4 is 11.6 Å². The normalized spacial score (nSPS) is 10.1. The van der Waals surface area contributed by atoms with E-state index in [1.165, 1.54) is 0 Å². The molecular formula is C7H9Cl. The van der Waals surface area contributed by atoms with Crippen LogP contribution in [0.1, 0.15) is 13.8 Å². The summed E-state index contributed by atoms with van der Waals surface area (Å²) >= 11 is 5.30. The van der Waals surface area contributed by atoms with Gasteiger partial charge < -0.3 is 0 Å². The average molecular weight is 129 g/mol. The molecule has 0 aromatic carbocycles. The Balaban J connectivity index is 3.69. The lowest BCUT2D eigenvalue weighted by molar-refractivity contribution is 1.52. The van der Waals surface area contributed by atoms with Gasteiger partial charge in [0.25, 0.3) is 0 Å². The van der Waals surface area contributed by atoms with Crippen LogP contribution in [0.15, 0.2) is 11.6 Å². The molecule has 0 aromatic heterocycles. The van der Waals surface area contributed by atoms with Crippen molar-refractivity contribution in [2.75, 3.05) is 5.88 Å². The van der Waals surface area contributed by atoms with Crippen molar-refractivity contribution in [1.82, 2.24) is 0 Å². The molecule has 0 aliphatic carbocycles. The number of alkyl halides is 1. The van der Waals surface area contributed by atoms with Gasteiger partial charge in [-0.05, 0) is 19.4 Å². The first-order valence-corrected chi connectivity index (χ1v) is 3.02. The number of allylic oxidation sites excluding steroid dienone is 2. The van der Waals surface area contributed by atoms with Crippen LogP contribution in [0.5, 0.6) is 0 Å². The summed E-state index contributed by atoms with van der Waals surface area (Å²) in [4.78, 5) is 0. The molecule has 0 spiro atoms. The molecule has 0 nitrogen and oxygen atoms in total. The highest BCUT2D eigenvalue weighted by Crippen LogP contribution is 1.85. The van der Waals surface area contributed by atoms with Crippen LogP contribution in [-0.4, -0.2) is 5.88 Å². The van der Waals surface area contributed by atoms with E-state index in [-0.39, 0.29) is 0 Å². The lowest BCUT2D eigenvalue weighted by Gasteiger charge is -1.77. The maximum Gasteiger partial charge on any atom is 0.0838 e. The highest BCUT2D eigenvalue weighted by atomic mass is 35.5. The maximum absolute atomic E-state index is 5.30. The molecule has 0 unspecified atom stereocenters. The minimum absolute atomic E-state index is 0.422. The highest BCUT2D eigenvalue weighted by Gasteiger charge is 1.71. The summed E-state index contributed by atoms with van der Waals surface area (Å²) in [5.74, 6) is 6.03. The number of hydrogen-bond donors (Lipinski definition) is 0. The lowest BCUT2D eigenvalue weighted by Crippen LogP contribution is -1.65. The van der Waals surface area contributed by atoms with E-state index in [2.05, 4.69) is 11.8 Å². The standard InChI is InChI=1S/C7H9Cl/c1-3-7(2)5-4-6-8/h3H,6H2,1-2H3/b7-3-. The zero-order chi connectivity index (χ0) is 6.41. The topological polar surface area (TPSA) is 0 Å². The third-order valence-electron chi connectivity index (χ3n) is 0.785. The van der Waals surface area contributed by atoms with Gasteiger partial charge in [0.1, 0.15) is 0 Å². The summed E-state index contributed by atoms with van der Waals surface area (Å²) in [5.41, 5.74) is 1.07. The fraction of sp³-hybridized carbons (Fsp3) is 0.429. The van der Waals surface area contributed by atoms with Crippen molar-refractivity contribution in [3.8, 4) is 11.8 Å². The fourth-order valence-electron chi connectivity index (χ4n) is 0.245. The zero-order valence-electron chi connectivity index (χ0n) is 5.16. The van der Waals surface area contributed by atoms with Gasteiger partial charge in [0.15, 0.2) is 0 Å². The Morgan fingerprint density at radius 3 is 2.75 bits per heavy atom. The average Bonchev–Trinajstić information content (AvgIpc) is 1.83. The molecule has 0 rings (SSSR count). The second-order valence-corrected chi connectivity index (χ2v) is 1.67. The Morgan fingerprint density at radius 1 is 1.75 bits per heavy atom. The molecule has 0 heterocycles. The minimum atomic E-state index is 0.422. The van der Waals surface area contributed by atoms with Gasteiger partial charge in [0.05, 0.1) is 5.88 Å². The van der Waals surface area contributed by atoms with Crippen LogP contribution in [0.4, 0.5) is 0 Å². The van der Waals surface area contributed by atoms with Crippen LogP contribution in [0.25, 0.3) is 0 Å². The molecule has 0 N–H and O–H groups in total. The van der Waals surface area contributed by atoms with Crippen molar-refractivity contribution in [3.05, 3.63) is 11.6 Å². The summed E-state index contributed by atoms with van der Waals surface area (Å²) in [6.07, 6.45) is 1.96. The van der Waals surface area contributed by atoms with Crippen LogP contribution in [0.3, 0.4) is 0 Å². The molecule has 0 fully saturated rings. The molecule has 0 atom stereocenters. The van der Waals surface area contributed by atoms with Crippen molar-refractivity contribution < 1.29 is 0 Å². The first-order valence-electron chi connectivity index (χ1n) is 2.49. The fourth-order valence-corrected chi connectivity index (χ4v) is 0.312. The number of rotatable bonds is 0. The Morgan fingerprint density at radius 2 is 2.38 bits per heavy atom. The van der Waals surface area contributed by atoms with E-state index >= 15 is 0 Å². The number of hydrogen-bond acceptors (Lipinski definition) is 0. The first-order chi connectivity index (χ1) is 3.81. The number of halogens is 1. The largest absolute Gasteiger partial charge is 0.113 e. The molecule has 0 amide bonds. The Bertz CT molecular complexity index is 134. The molecule has 0 aromatic rings. The van der Waals surface area contributed by atoms with E-state index in [0.29, 0.717) is 5.88 Å². The molecule has 44 valence electrons. The Labute approximate surface area is 55.5 Å².